The van der Waals surface area contributed by atoms with Gasteiger partial charge in [0.15, 0.2) is 0 Å². The number of sulfonamides is 1. The predicted octanol–water partition coefficient (Wildman–Crippen LogP) is 3.21. The molecule has 2 aromatic rings. The topological polar surface area (TPSA) is 94.9 Å². The van der Waals surface area contributed by atoms with Gasteiger partial charge in [0.25, 0.3) is 0 Å². The third-order valence-corrected chi connectivity index (χ3v) is 4.60. The average molecular weight is 304 g/mol. The minimum Gasteiger partial charge on any atom is -0.211 e. The number of unbranched alkanes of at least 4 members (excludes halogenated alkanes) is 1. The fourth-order valence-electron chi connectivity index (χ4n) is 2.07. The van der Waals surface area contributed by atoms with Crippen molar-refractivity contribution in [3.8, 4) is 0 Å². The van der Waals surface area contributed by atoms with Crippen molar-refractivity contribution in [1.29, 1.82) is 0 Å². The molecule has 0 spiro atoms. The van der Waals surface area contributed by atoms with Gasteiger partial charge in [-0.3, -0.25) is 0 Å². The van der Waals surface area contributed by atoms with Crippen LogP contribution in [0.25, 0.3) is 21.2 Å². The van der Waals surface area contributed by atoms with E-state index in [2.05, 4.69) is 14.7 Å². The minimum absolute atomic E-state index is 0.288. The van der Waals surface area contributed by atoms with E-state index in [4.69, 9.17) is 5.53 Å². The smallest absolute Gasteiger partial charge is 0.211 e. The number of azide groups is 1. The first-order chi connectivity index (χ1) is 10.1. The molecule has 6 nitrogen and oxygen atoms in total. The fraction of sp³-hybridized carbons (Fsp3) is 0.286. The van der Waals surface area contributed by atoms with Crippen LogP contribution >= 0.6 is 0 Å². The number of benzene rings is 2. The Kier molecular flexibility index (Phi) is 5.16. The number of hydrogen-bond acceptors (Lipinski definition) is 3. The number of rotatable bonds is 7. The SMILES string of the molecule is [N-]=[N+]=NCCCCNS(=O)(=O)c1cccc2ccccc12. The zero-order chi connectivity index (χ0) is 15.1. The summed E-state index contributed by atoms with van der Waals surface area (Å²) >= 11 is 0. The van der Waals surface area contributed by atoms with Crippen LogP contribution in [0.4, 0.5) is 0 Å². The third-order valence-electron chi connectivity index (χ3n) is 3.08. The van der Waals surface area contributed by atoms with Gasteiger partial charge < -0.3 is 0 Å². The molecular weight excluding hydrogens is 288 g/mol. The Balaban J connectivity index is 2.09. The van der Waals surface area contributed by atoms with Gasteiger partial charge in [0.05, 0.1) is 4.90 Å². The van der Waals surface area contributed by atoms with Gasteiger partial charge in [-0.15, -0.1) is 0 Å². The standard InChI is InChI=1S/C14H16N4O2S/c15-18-16-10-3-4-11-17-21(19,20)14-9-5-7-12-6-1-2-8-13(12)14/h1-2,5-9,17H,3-4,10-11H2. The molecule has 21 heavy (non-hydrogen) atoms. The zero-order valence-electron chi connectivity index (χ0n) is 11.4. The van der Waals surface area contributed by atoms with E-state index in [-0.39, 0.29) is 4.90 Å². The summed E-state index contributed by atoms with van der Waals surface area (Å²) in [6.07, 6.45) is 1.28. The van der Waals surface area contributed by atoms with Gasteiger partial charge in [-0.25, -0.2) is 13.1 Å². The molecule has 2 aromatic carbocycles. The van der Waals surface area contributed by atoms with Crippen LogP contribution < -0.4 is 4.72 Å². The summed E-state index contributed by atoms with van der Waals surface area (Å²) in [5.41, 5.74) is 8.15. The summed E-state index contributed by atoms with van der Waals surface area (Å²) in [6.45, 7) is 0.707. The van der Waals surface area contributed by atoms with Gasteiger partial charge in [-0.1, -0.05) is 41.5 Å². The molecule has 0 atom stereocenters. The Morgan fingerprint density at radius 3 is 2.67 bits per heavy atom. The fourth-order valence-corrected chi connectivity index (χ4v) is 3.37. The first-order valence-electron chi connectivity index (χ1n) is 6.63. The van der Waals surface area contributed by atoms with Gasteiger partial charge >= 0.3 is 0 Å². The second kappa shape index (κ2) is 7.08. The summed E-state index contributed by atoms with van der Waals surface area (Å²) in [4.78, 5) is 2.94. The molecule has 0 aliphatic carbocycles. The van der Waals surface area contributed by atoms with Crippen molar-refractivity contribution in [2.75, 3.05) is 13.1 Å². The molecule has 2 rings (SSSR count). The maximum absolute atomic E-state index is 12.3. The maximum Gasteiger partial charge on any atom is 0.241 e. The molecule has 0 aromatic heterocycles. The Morgan fingerprint density at radius 1 is 1.10 bits per heavy atom. The van der Waals surface area contributed by atoms with Crippen LogP contribution in [-0.4, -0.2) is 21.5 Å². The summed E-state index contributed by atoms with van der Waals surface area (Å²) in [7, 11) is -3.53. The number of fused-ring (bicyclic) bond motifs is 1. The zero-order valence-corrected chi connectivity index (χ0v) is 12.3. The van der Waals surface area contributed by atoms with Crippen molar-refractivity contribution in [2.24, 2.45) is 5.11 Å². The van der Waals surface area contributed by atoms with E-state index in [1.54, 1.807) is 18.2 Å². The van der Waals surface area contributed by atoms with Crippen LogP contribution in [-0.2, 0) is 10.0 Å². The lowest BCUT2D eigenvalue weighted by atomic mass is 10.1. The molecule has 1 N–H and O–H groups in total. The van der Waals surface area contributed by atoms with Crippen LogP contribution in [0.3, 0.4) is 0 Å². The molecule has 0 amide bonds. The van der Waals surface area contributed by atoms with E-state index >= 15 is 0 Å². The molecule has 0 saturated heterocycles. The number of nitrogens with zero attached hydrogens (tertiary/aromatic N) is 3. The highest BCUT2D eigenvalue weighted by Crippen LogP contribution is 2.22. The highest BCUT2D eigenvalue weighted by molar-refractivity contribution is 7.89. The van der Waals surface area contributed by atoms with Crippen LogP contribution in [0.5, 0.6) is 0 Å². The van der Waals surface area contributed by atoms with Crippen molar-refractivity contribution < 1.29 is 8.42 Å². The summed E-state index contributed by atoms with van der Waals surface area (Å²) < 4.78 is 27.3. The van der Waals surface area contributed by atoms with E-state index in [9.17, 15) is 8.42 Å². The molecule has 0 unspecified atom stereocenters. The van der Waals surface area contributed by atoms with Crippen molar-refractivity contribution in [1.82, 2.24) is 4.72 Å². The normalized spacial score (nSPS) is 11.2. The molecule has 0 heterocycles. The van der Waals surface area contributed by atoms with E-state index < -0.39 is 10.0 Å². The Bertz CT molecular complexity index is 762. The Labute approximate surface area is 123 Å². The molecule has 110 valence electrons. The molecule has 0 aliphatic rings. The number of nitrogens with one attached hydrogen (secondary N) is 1. The van der Waals surface area contributed by atoms with E-state index in [1.807, 2.05) is 24.3 Å². The quantitative estimate of drug-likeness (QED) is 0.368. The van der Waals surface area contributed by atoms with Crippen molar-refractivity contribution >= 4 is 20.8 Å². The van der Waals surface area contributed by atoms with Crippen molar-refractivity contribution in [3.05, 3.63) is 52.9 Å². The Hall–Kier alpha value is -2.08. The van der Waals surface area contributed by atoms with Gasteiger partial charge in [0, 0.05) is 23.4 Å². The van der Waals surface area contributed by atoms with Crippen LogP contribution in [0.15, 0.2) is 52.5 Å². The molecule has 7 heteroatoms. The van der Waals surface area contributed by atoms with Gasteiger partial charge in [0.2, 0.25) is 10.0 Å². The minimum atomic E-state index is -3.53. The average Bonchev–Trinajstić information content (AvgIpc) is 2.50. The second-order valence-electron chi connectivity index (χ2n) is 4.54. The monoisotopic (exact) mass is 304 g/mol. The first-order valence-corrected chi connectivity index (χ1v) is 8.12. The lowest BCUT2D eigenvalue weighted by molar-refractivity contribution is 0.578. The molecular formula is C14H16N4O2S. The van der Waals surface area contributed by atoms with Crippen LogP contribution in [0.1, 0.15) is 12.8 Å². The van der Waals surface area contributed by atoms with E-state index in [0.717, 1.165) is 5.39 Å². The van der Waals surface area contributed by atoms with Gasteiger partial charge in [-0.05, 0) is 29.8 Å². The van der Waals surface area contributed by atoms with Crippen molar-refractivity contribution in [3.63, 3.8) is 0 Å². The highest BCUT2D eigenvalue weighted by atomic mass is 32.2. The molecule has 0 radical (unpaired) electrons. The summed E-state index contributed by atoms with van der Waals surface area (Å²) in [5, 5.41) is 5.01. The highest BCUT2D eigenvalue weighted by Gasteiger charge is 2.15. The van der Waals surface area contributed by atoms with E-state index in [0.29, 0.717) is 31.3 Å². The van der Waals surface area contributed by atoms with Gasteiger partial charge in [0.1, 0.15) is 0 Å². The summed E-state index contributed by atoms with van der Waals surface area (Å²) in [5.74, 6) is 0. The van der Waals surface area contributed by atoms with Crippen molar-refractivity contribution in [2.45, 2.75) is 17.7 Å². The van der Waals surface area contributed by atoms with Crippen LogP contribution in [0.2, 0.25) is 0 Å². The number of hydrogen-bond donors (Lipinski definition) is 1. The van der Waals surface area contributed by atoms with Crippen LogP contribution in [0, 0.1) is 0 Å². The largest absolute Gasteiger partial charge is 0.241 e. The molecule has 0 aliphatic heterocycles. The molecule has 0 saturated carbocycles. The lowest BCUT2D eigenvalue weighted by Crippen LogP contribution is -2.25. The first kappa shape index (κ1) is 15.3. The predicted molar refractivity (Wildman–Crippen MR) is 82.4 cm³/mol. The van der Waals surface area contributed by atoms with Gasteiger partial charge in [-0.2, -0.15) is 0 Å². The third kappa shape index (κ3) is 3.95. The molecule has 0 fully saturated rings. The van der Waals surface area contributed by atoms with E-state index in [1.165, 1.54) is 0 Å². The maximum atomic E-state index is 12.3. The Morgan fingerprint density at radius 2 is 1.86 bits per heavy atom. The summed E-state index contributed by atoms with van der Waals surface area (Å²) in [6, 6.07) is 12.6. The second-order valence-corrected chi connectivity index (χ2v) is 6.27. The molecule has 0 bridgehead atoms. The lowest BCUT2D eigenvalue weighted by Gasteiger charge is -2.09.